The molecule has 0 unspecified atom stereocenters. The van der Waals surface area contributed by atoms with E-state index in [9.17, 15) is 0 Å². The maximum absolute atomic E-state index is 5.36. The lowest BCUT2D eigenvalue weighted by Crippen LogP contribution is -1.95. The molecule has 0 aromatic heterocycles. The fraction of sp³-hybridized carbons (Fsp3) is 0.111. The summed E-state index contributed by atoms with van der Waals surface area (Å²) in [6.07, 6.45) is 5.14. The second-order valence-corrected chi connectivity index (χ2v) is 1.95. The molecule has 0 fully saturated rings. The second kappa shape index (κ2) is 3.05. The van der Waals surface area contributed by atoms with E-state index in [1.807, 2.05) is 12.1 Å². The highest BCUT2D eigenvalue weighted by atomic mass is 14.5. The largest absolute Gasteiger partial charge is 0.326 e. The van der Waals surface area contributed by atoms with Gasteiger partial charge in [-0.1, -0.05) is 12.0 Å². The van der Waals surface area contributed by atoms with Crippen molar-refractivity contribution in [1.29, 1.82) is 0 Å². The Kier molecular flexibility index (Phi) is 2.09. The lowest BCUT2D eigenvalue weighted by Gasteiger charge is -1.93. The van der Waals surface area contributed by atoms with Crippen molar-refractivity contribution in [3.8, 4) is 12.3 Å². The summed E-state index contributed by atoms with van der Waals surface area (Å²) >= 11 is 0. The van der Waals surface area contributed by atoms with Gasteiger partial charge in [-0.2, -0.15) is 0 Å². The van der Waals surface area contributed by atoms with Gasteiger partial charge in [-0.05, 0) is 23.8 Å². The molecule has 1 nitrogen and oxygen atoms in total. The molecule has 10 heavy (non-hydrogen) atoms. The average molecular weight is 130 g/mol. The molecule has 1 radical (unpaired) electrons. The van der Waals surface area contributed by atoms with E-state index in [1.54, 1.807) is 6.07 Å². The molecule has 0 saturated heterocycles. The molecule has 0 bridgehead atoms. The highest BCUT2D eigenvalue weighted by molar-refractivity contribution is 5.33. The smallest absolute Gasteiger partial charge is 0.0248 e. The maximum atomic E-state index is 5.36. The number of nitrogens with two attached hydrogens (primary N) is 1. The quantitative estimate of drug-likeness (QED) is 0.562. The first-order valence-electron chi connectivity index (χ1n) is 3.04. The molecule has 1 aromatic rings. The van der Waals surface area contributed by atoms with Crippen molar-refractivity contribution in [1.82, 2.24) is 0 Å². The summed E-state index contributed by atoms with van der Waals surface area (Å²) in [7, 11) is 0. The summed E-state index contributed by atoms with van der Waals surface area (Å²) in [5, 5.41) is 0. The van der Waals surface area contributed by atoms with Crippen molar-refractivity contribution in [3.05, 3.63) is 35.4 Å². The third-order valence-corrected chi connectivity index (χ3v) is 1.26. The molecule has 0 aliphatic carbocycles. The summed E-state index contributed by atoms with van der Waals surface area (Å²) in [6.45, 7) is 0.519. The van der Waals surface area contributed by atoms with Crippen LogP contribution in [0.5, 0.6) is 0 Å². The van der Waals surface area contributed by atoms with Crippen LogP contribution in [0.3, 0.4) is 0 Å². The van der Waals surface area contributed by atoms with Gasteiger partial charge in [-0.15, -0.1) is 6.42 Å². The summed E-state index contributed by atoms with van der Waals surface area (Å²) in [5.41, 5.74) is 7.19. The maximum Gasteiger partial charge on any atom is 0.0248 e. The molecule has 2 N–H and O–H groups in total. The molecule has 0 aliphatic heterocycles. The van der Waals surface area contributed by atoms with Crippen LogP contribution < -0.4 is 5.73 Å². The van der Waals surface area contributed by atoms with Crippen LogP contribution in [0.1, 0.15) is 11.1 Å². The molecular formula is C9H8N. The molecule has 1 rings (SSSR count). The SMILES string of the molecule is C#Cc1c[c]c(CN)cc1. The van der Waals surface area contributed by atoms with E-state index < -0.39 is 0 Å². The number of terminal acetylenes is 1. The van der Waals surface area contributed by atoms with Crippen molar-refractivity contribution in [2.24, 2.45) is 5.73 Å². The van der Waals surface area contributed by atoms with Crippen LogP contribution in [0, 0.1) is 18.4 Å². The Bertz CT molecular complexity index is 240. The van der Waals surface area contributed by atoms with Gasteiger partial charge in [0, 0.05) is 12.1 Å². The van der Waals surface area contributed by atoms with Crippen molar-refractivity contribution in [3.63, 3.8) is 0 Å². The van der Waals surface area contributed by atoms with Gasteiger partial charge in [0.05, 0.1) is 0 Å². The lowest BCUT2D eigenvalue weighted by molar-refractivity contribution is 1.07. The van der Waals surface area contributed by atoms with Gasteiger partial charge in [0.15, 0.2) is 0 Å². The molecule has 0 saturated carbocycles. The highest BCUT2D eigenvalue weighted by Crippen LogP contribution is 2.00. The first-order valence-corrected chi connectivity index (χ1v) is 3.04. The van der Waals surface area contributed by atoms with Gasteiger partial charge in [-0.25, -0.2) is 0 Å². The zero-order valence-electron chi connectivity index (χ0n) is 5.59. The fourth-order valence-corrected chi connectivity index (χ4v) is 0.674. The summed E-state index contributed by atoms with van der Waals surface area (Å²) in [4.78, 5) is 0. The summed E-state index contributed by atoms with van der Waals surface area (Å²) in [5.74, 6) is 2.51. The molecule has 0 atom stereocenters. The molecule has 49 valence electrons. The average Bonchev–Trinajstić information content (AvgIpc) is 2.05. The molecule has 0 amide bonds. The zero-order valence-corrected chi connectivity index (χ0v) is 5.59. The molecule has 1 aromatic carbocycles. The third kappa shape index (κ3) is 1.37. The normalized spacial score (nSPS) is 8.80. The van der Waals surface area contributed by atoms with E-state index in [0.29, 0.717) is 6.54 Å². The van der Waals surface area contributed by atoms with Crippen LogP contribution in [0.4, 0.5) is 0 Å². The summed E-state index contributed by atoms with van der Waals surface area (Å²) < 4.78 is 0. The van der Waals surface area contributed by atoms with Crippen molar-refractivity contribution >= 4 is 0 Å². The van der Waals surface area contributed by atoms with Gasteiger partial charge < -0.3 is 5.73 Å². The number of rotatable bonds is 1. The first-order chi connectivity index (χ1) is 4.86. The van der Waals surface area contributed by atoms with E-state index in [2.05, 4.69) is 12.0 Å². The standard InChI is InChI=1S/C9H8N/c1-2-8-3-5-9(7-10)6-4-8/h1,3-5H,7,10H2. The molecule has 0 heterocycles. The lowest BCUT2D eigenvalue weighted by atomic mass is 10.1. The predicted octanol–water partition coefficient (Wildman–Crippen LogP) is 0.927. The van der Waals surface area contributed by atoms with E-state index in [-0.39, 0.29) is 0 Å². The Morgan fingerprint density at radius 2 is 2.40 bits per heavy atom. The molecule has 1 heteroatoms. The van der Waals surface area contributed by atoms with E-state index in [0.717, 1.165) is 11.1 Å². The van der Waals surface area contributed by atoms with Crippen LogP contribution in [0.25, 0.3) is 0 Å². The third-order valence-electron chi connectivity index (χ3n) is 1.26. The topological polar surface area (TPSA) is 26.0 Å². The van der Waals surface area contributed by atoms with Crippen molar-refractivity contribution in [2.45, 2.75) is 6.54 Å². The van der Waals surface area contributed by atoms with Crippen LogP contribution in [-0.4, -0.2) is 0 Å². The Labute approximate surface area is 60.9 Å². The van der Waals surface area contributed by atoms with Gasteiger partial charge in [0.25, 0.3) is 0 Å². The predicted molar refractivity (Wildman–Crippen MR) is 41.1 cm³/mol. The van der Waals surface area contributed by atoms with Crippen molar-refractivity contribution < 1.29 is 0 Å². The fourth-order valence-electron chi connectivity index (χ4n) is 0.674. The van der Waals surface area contributed by atoms with Crippen LogP contribution >= 0.6 is 0 Å². The number of hydrogen-bond donors (Lipinski definition) is 1. The molecular weight excluding hydrogens is 122 g/mol. The minimum absolute atomic E-state index is 0.519. The molecule has 0 spiro atoms. The minimum atomic E-state index is 0.519. The Balaban J connectivity index is 2.93. The monoisotopic (exact) mass is 130 g/mol. The second-order valence-electron chi connectivity index (χ2n) is 1.95. The van der Waals surface area contributed by atoms with Crippen LogP contribution in [0.2, 0.25) is 0 Å². The van der Waals surface area contributed by atoms with E-state index in [4.69, 9.17) is 12.2 Å². The number of benzene rings is 1. The van der Waals surface area contributed by atoms with Gasteiger partial charge >= 0.3 is 0 Å². The molecule has 0 aliphatic rings. The Morgan fingerprint density at radius 3 is 2.80 bits per heavy atom. The minimum Gasteiger partial charge on any atom is -0.326 e. The Morgan fingerprint density at radius 1 is 1.60 bits per heavy atom. The Hall–Kier alpha value is -1.26. The van der Waals surface area contributed by atoms with Crippen LogP contribution in [-0.2, 0) is 6.54 Å². The first kappa shape index (κ1) is 6.85. The van der Waals surface area contributed by atoms with Crippen molar-refractivity contribution in [2.75, 3.05) is 0 Å². The number of hydrogen-bond acceptors (Lipinski definition) is 1. The summed E-state index contributed by atoms with van der Waals surface area (Å²) in [6, 6.07) is 8.48. The van der Waals surface area contributed by atoms with E-state index >= 15 is 0 Å². The van der Waals surface area contributed by atoms with Crippen LogP contribution in [0.15, 0.2) is 18.2 Å². The van der Waals surface area contributed by atoms with Gasteiger partial charge in [-0.3, -0.25) is 0 Å². The zero-order chi connectivity index (χ0) is 7.40. The van der Waals surface area contributed by atoms with E-state index in [1.165, 1.54) is 0 Å². The van der Waals surface area contributed by atoms with Gasteiger partial charge in [0.2, 0.25) is 0 Å². The van der Waals surface area contributed by atoms with Gasteiger partial charge in [0.1, 0.15) is 0 Å². The highest BCUT2D eigenvalue weighted by Gasteiger charge is 1.87.